The summed E-state index contributed by atoms with van der Waals surface area (Å²) in [6, 6.07) is 0. The number of cyclic esters (lactones) is 2. The van der Waals surface area contributed by atoms with Crippen molar-refractivity contribution in [2.24, 2.45) is 23.7 Å². The molecule has 46 heavy (non-hydrogen) atoms. The summed E-state index contributed by atoms with van der Waals surface area (Å²) < 4.78 is 9.70. The maximum absolute atomic E-state index is 12.8. The molecule has 8 atom stereocenters. The van der Waals surface area contributed by atoms with Crippen LogP contribution in [0.2, 0.25) is 0 Å². The summed E-state index contributed by atoms with van der Waals surface area (Å²) in [5.41, 5.74) is 0.250. The molecule has 1 aliphatic rings. The average Bonchev–Trinajstić information content (AvgIpc) is 3.22. The zero-order valence-electron chi connectivity index (χ0n) is 27.9. The number of hydrogen-bond donors (Lipinski definition) is 4. The van der Waals surface area contributed by atoms with E-state index in [0.717, 1.165) is 12.5 Å². The predicted octanol–water partition coefficient (Wildman–Crippen LogP) is 3.40. The van der Waals surface area contributed by atoms with Gasteiger partial charge < -0.3 is 29.9 Å². The Labute approximate surface area is 270 Å². The molecule has 1 heterocycles. The zero-order valence-corrected chi connectivity index (χ0v) is 27.9. The number of aliphatic hydroxyl groups excluding tert-OH is 3. The smallest absolute Gasteiger partial charge is 0.345 e. The van der Waals surface area contributed by atoms with Crippen molar-refractivity contribution in [3.8, 4) is 0 Å². The molecule has 258 valence electrons. The molecule has 4 N–H and O–H groups in total. The lowest BCUT2D eigenvalue weighted by Gasteiger charge is -2.27. The van der Waals surface area contributed by atoms with Crippen molar-refractivity contribution in [1.82, 2.24) is 0 Å². The van der Waals surface area contributed by atoms with Gasteiger partial charge in [-0.1, -0.05) is 40.7 Å². The number of Topliss-reactive ketones (excluding diaryl/α,β-unsaturated/α-hetero) is 1. The van der Waals surface area contributed by atoms with Crippen LogP contribution in [0.4, 0.5) is 0 Å². The predicted molar refractivity (Wildman–Crippen MR) is 167 cm³/mol. The molecule has 0 unspecified atom stereocenters. The van der Waals surface area contributed by atoms with E-state index in [1.54, 1.807) is 13.8 Å². The lowest BCUT2D eigenvalue weighted by atomic mass is 9.85. The number of carboxylic acid groups (broad SMARTS) is 1. The highest BCUT2D eigenvalue weighted by atomic mass is 16.6. The summed E-state index contributed by atoms with van der Waals surface area (Å²) in [7, 11) is 0. The van der Waals surface area contributed by atoms with E-state index in [0.29, 0.717) is 31.3 Å². The highest BCUT2D eigenvalue weighted by molar-refractivity contribution is 6.12. The molecule has 0 aromatic rings. The molecule has 0 fully saturated rings. The molecule has 0 spiro atoms. The largest absolute Gasteiger partial charge is 0.478 e. The van der Waals surface area contributed by atoms with Crippen molar-refractivity contribution in [3.05, 3.63) is 34.9 Å². The van der Waals surface area contributed by atoms with Gasteiger partial charge in [-0.15, -0.1) is 0 Å². The molecule has 12 heteroatoms. The number of hydrogen-bond acceptors (Lipinski definition) is 11. The van der Waals surface area contributed by atoms with E-state index < -0.39 is 66.5 Å². The molecular weight excluding hydrogens is 600 g/mol. The molecule has 0 aromatic heterocycles. The standard InChI is InChI=1S/C34H50O12/c1-8-24(10-12-30(40)41)15-25(35)14-19(3)13-18(2)9-11-26(36)21(5)28(38)16-27(37)20(4)23(7)45-31(42)17-29(39)32-22(6)33(43)46-34(32)44/h10,12,15,18-21,23,26-27,29,36-37,39H,8-9,11,13-14,16-17H2,1-7H3,(H,40,41)/b12-10+,24-15+/t18-,19+,20-,21-,23-,26-,27+,29+/m0/s1. The van der Waals surface area contributed by atoms with Crippen molar-refractivity contribution in [2.75, 3.05) is 0 Å². The highest BCUT2D eigenvalue weighted by Gasteiger charge is 2.36. The summed E-state index contributed by atoms with van der Waals surface area (Å²) in [5, 5.41) is 40.3. The molecule has 1 aliphatic heterocycles. The van der Waals surface area contributed by atoms with Crippen molar-refractivity contribution >= 4 is 35.4 Å². The summed E-state index contributed by atoms with van der Waals surface area (Å²) in [6.07, 6.45) is 0.996. The van der Waals surface area contributed by atoms with Gasteiger partial charge in [0.2, 0.25) is 0 Å². The van der Waals surface area contributed by atoms with Crippen molar-refractivity contribution in [2.45, 2.75) is 118 Å². The molecule has 1 rings (SSSR count). The van der Waals surface area contributed by atoms with E-state index in [2.05, 4.69) is 4.74 Å². The number of aliphatic carboxylic acids is 1. The Bertz CT molecular complexity index is 1210. The first-order valence-corrected chi connectivity index (χ1v) is 15.8. The van der Waals surface area contributed by atoms with Crippen LogP contribution in [-0.4, -0.2) is 80.3 Å². The van der Waals surface area contributed by atoms with Gasteiger partial charge in [0.15, 0.2) is 5.78 Å². The molecule has 0 saturated heterocycles. The van der Waals surface area contributed by atoms with E-state index >= 15 is 0 Å². The first-order chi connectivity index (χ1) is 21.4. The monoisotopic (exact) mass is 650 g/mol. The third-order valence-electron chi connectivity index (χ3n) is 8.47. The van der Waals surface area contributed by atoms with Crippen LogP contribution in [0.15, 0.2) is 34.9 Å². The van der Waals surface area contributed by atoms with Gasteiger partial charge in [0.1, 0.15) is 11.9 Å². The van der Waals surface area contributed by atoms with Crippen molar-refractivity contribution < 1.29 is 58.7 Å². The summed E-state index contributed by atoms with van der Waals surface area (Å²) in [5.74, 6) is -5.48. The van der Waals surface area contributed by atoms with E-state index in [4.69, 9.17) is 9.84 Å². The van der Waals surface area contributed by atoms with Crippen molar-refractivity contribution in [3.63, 3.8) is 0 Å². The number of rotatable bonds is 21. The van der Waals surface area contributed by atoms with Crippen molar-refractivity contribution in [1.29, 1.82) is 0 Å². The van der Waals surface area contributed by atoms with Crippen LogP contribution in [0.3, 0.4) is 0 Å². The number of carbonyl (C=O) groups is 6. The molecule has 12 nitrogen and oxygen atoms in total. The first kappa shape index (κ1) is 40.5. The van der Waals surface area contributed by atoms with Gasteiger partial charge >= 0.3 is 23.9 Å². The van der Waals surface area contributed by atoms with Gasteiger partial charge in [-0.25, -0.2) is 14.4 Å². The minimum atomic E-state index is -1.60. The Kier molecular flexibility index (Phi) is 17.0. The summed E-state index contributed by atoms with van der Waals surface area (Å²) >= 11 is 0. The molecule has 0 bridgehead atoms. The van der Waals surface area contributed by atoms with Gasteiger partial charge in [-0.05, 0) is 63.0 Å². The number of esters is 3. The summed E-state index contributed by atoms with van der Waals surface area (Å²) in [4.78, 5) is 71.5. The number of carbonyl (C=O) groups excluding carboxylic acids is 5. The van der Waals surface area contributed by atoms with Crippen LogP contribution in [0, 0.1) is 23.7 Å². The Morgan fingerprint density at radius 2 is 1.48 bits per heavy atom. The van der Waals surface area contributed by atoms with Gasteiger partial charge in [0.05, 0.1) is 30.3 Å². The number of allylic oxidation sites excluding steroid dienone is 3. The number of ketones is 2. The Morgan fingerprint density at radius 1 is 0.848 bits per heavy atom. The lowest BCUT2D eigenvalue weighted by molar-refractivity contribution is -0.154. The van der Waals surface area contributed by atoms with Crippen LogP contribution in [0.5, 0.6) is 0 Å². The zero-order chi connectivity index (χ0) is 35.3. The minimum Gasteiger partial charge on any atom is -0.478 e. The molecule has 0 radical (unpaired) electrons. The Balaban J connectivity index is 2.52. The quantitative estimate of drug-likeness (QED) is 0.0611. The fourth-order valence-corrected chi connectivity index (χ4v) is 5.24. The van der Waals surface area contributed by atoms with Gasteiger partial charge in [0.25, 0.3) is 0 Å². The normalized spacial score (nSPS) is 19.2. The fourth-order valence-electron chi connectivity index (χ4n) is 5.24. The van der Waals surface area contributed by atoms with Gasteiger partial charge in [0, 0.05) is 36.3 Å². The van der Waals surface area contributed by atoms with Crippen LogP contribution >= 0.6 is 0 Å². The third kappa shape index (κ3) is 13.5. The number of ether oxygens (including phenoxy) is 2. The average molecular weight is 651 g/mol. The summed E-state index contributed by atoms with van der Waals surface area (Å²) in [6.45, 7) is 11.8. The van der Waals surface area contributed by atoms with E-state index in [9.17, 15) is 44.1 Å². The minimum absolute atomic E-state index is 0.0668. The molecule has 0 saturated carbocycles. The highest BCUT2D eigenvalue weighted by Crippen LogP contribution is 2.25. The molecular formula is C34H50O12. The Hall–Kier alpha value is -3.48. The second-order valence-corrected chi connectivity index (χ2v) is 12.5. The Morgan fingerprint density at radius 3 is 2.02 bits per heavy atom. The SMILES string of the molecule is CCC(/C=C/C(=O)O)=C\C(=O)C[C@H](C)C[C@@H](C)CC[C@H](O)[C@H](C)C(=O)C[C@@H](O)[C@@H](C)[C@H](C)OC(=O)C[C@@H](O)C1=C(C)C(=O)OC1=O. The first-order valence-electron chi connectivity index (χ1n) is 15.8. The van der Waals surface area contributed by atoms with Gasteiger partial charge in [-0.2, -0.15) is 0 Å². The van der Waals surface area contributed by atoms with E-state index in [1.807, 2.05) is 20.8 Å². The second kappa shape index (κ2) is 19.2. The van der Waals surface area contributed by atoms with Gasteiger partial charge in [-0.3, -0.25) is 14.4 Å². The topological polar surface area (TPSA) is 202 Å². The van der Waals surface area contributed by atoms with Crippen LogP contribution in [0.25, 0.3) is 0 Å². The molecule has 0 amide bonds. The molecule has 0 aliphatic carbocycles. The third-order valence-corrected chi connectivity index (χ3v) is 8.47. The maximum Gasteiger partial charge on any atom is 0.345 e. The second-order valence-electron chi connectivity index (χ2n) is 12.5. The maximum atomic E-state index is 12.8. The van der Waals surface area contributed by atoms with Crippen LogP contribution < -0.4 is 0 Å². The number of carboxylic acids is 1. The molecule has 0 aromatic carbocycles. The fraction of sp³-hybridized carbons (Fsp3) is 0.647. The number of aliphatic hydroxyl groups is 3. The van der Waals surface area contributed by atoms with E-state index in [-0.39, 0.29) is 41.0 Å². The van der Waals surface area contributed by atoms with Crippen LogP contribution in [0.1, 0.15) is 93.4 Å². The van der Waals surface area contributed by atoms with Crippen LogP contribution in [-0.2, 0) is 38.2 Å². The van der Waals surface area contributed by atoms with E-state index in [1.165, 1.54) is 26.0 Å². The lowest BCUT2D eigenvalue weighted by Crippen LogP contribution is -2.36.